The topological polar surface area (TPSA) is 12.0 Å². The summed E-state index contributed by atoms with van der Waals surface area (Å²) in [5.41, 5.74) is 0.686. The van der Waals surface area contributed by atoms with Crippen molar-refractivity contribution < 1.29 is 8.78 Å². The highest BCUT2D eigenvalue weighted by Crippen LogP contribution is 2.30. The molecule has 2 rings (SSSR count). The first-order valence-corrected chi connectivity index (χ1v) is 7.24. The van der Waals surface area contributed by atoms with Crippen LogP contribution in [0.4, 0.5) is 8.78 Å². The number of hydrogen-bond acceptors (Lipinski definition) is 1. The Morgan fingerprint density at radius 2 is 1.74 bits per heavy atom. The Labute approximate surface area is 114 Å². The van der Waals surface area contributed by atoms with E-state index >= 15 is 0 Å². The molecule has 0 saturated heterocycles. The molecular weight excluding hydrogens is 244 g/mol. The Hall–Kier alpha value is -0.960. The summed E-state index contributed by atoms with van der Waals surface area (Å²) in [5, 5.41) is 3.49. The molecule has 3 heteroatoms. The lowest BCUT2D eigenvalue weighted by molar-refractivity contribution is 0.204. The third-order valence-corrected chi connectivity index (χ3v) is 4.17. The average Bonchev–Trinajstić information content (AvgIpc) is 2.35. The molecule has 1 N–H and O–H groups in total. The van der Waals surface area contributed by atoms with Gasteiger partial charge in [-0.25, -0.2) is 8.78 Å². The summed E-state index contributed by atoms with van der Waals surface area (Å²) in [6.07, 6.45) is 4.97. The Bertz CT molecular complexity index is 397. The van der Waals surface area contributed by atoms with Gasteiger partial charge in [-0.1, -0.05) is 26.7 Å². The predicted molar refractivity (Wildman–Crippen MR) is 73.8 cm³/mol. The zero-order valence-corrected chi connectivity index (χ0v) is 11.8. The molecule has 0 radical (unpaired) electrons. The van der Waals surface area contributed by atoms with Crippen LogP contribution in [0.2, 0.25) is 0 Å². The molecule has 2 unspecified atom stereocenters. The highest BCUT2D eigenvalue weighted by molar-refractivity contribution is 5.17. The zero-order chi connectivity index (χ0) is 13.8. The van der Waals surface area contributed by atoms with Crippen LogP contribution in [0.25, 0.3) is 0 Å². The van der Waals surface area contributed by atoms with E-state index in [1.807, 2.05) is 0 Å². The van der Waals surface area contributed by atoms with Crippen molar-refractivity contribution in [3.05, 3.63) is 35.4 Å². The molecule has 1 aromatic carbocycles. The maximum Gasteiger partial charge on any atom is 0.126 e. The molecule has 106 valence electrons. The van der Waals surface area contributed by atoms with E-state index in [4.69, 9.17) is 0 Å². The van der Waals surface area contributed by atoms with E-state index in [1.54, 1.807) is 0 Å². The van der Waals surface area contributed by atoms with Crippen molar-refractivity contribution in [3.63, 3.8) is 0 Å². The molecule has 1 fully saturated rings. The molecule has 0 heterocycles. The van der Waals surface area contributed by atoms with Gasteiger partial charge in [-0.2, -0.15) is 0 Å². The predicted octanol–water partition coefficient (Wildman–Crippen LogP) is 4.27. The average molecular weight is 267 g/mol. The fraction of sp³-hybridized carbons (Fsp3) is 0.625. The summed E-state index contributed by atoms with van der Waals surface area (Å²) >= 11 is 0. The minimum atomic E-state index is -0.499. The zero-order valence-electron chi connectivity index (χ0n) is 11.8. The maximum absolute atomic E-state index is 13.1. The van der Waals surface area contributed by atoms with Crippen LogP contribution >= 0.6 is 0 Å². The summed E-state index contributed by atoms with van der Waals surface area (Å²) in [5.74, 6) is 0.330. The highest BCUT2D eigenvalue weighted by Gasteiger charge is 2.26. The standard InChI is InChI=1S/C16H23F2N/c1-11(2)15-5-3-4-6-16(15)19-10-12-7-13(17)9-14(18)8-12/h7-9,11,15-16,19H,3-6,10H2,1-2H3. The molecule has 0 amide bonds. The lowest BCUT2D eigenvalue weighted by Gasteiger charge is -2.35. The van der Waals surface area contributed by atoms with Gasteiger partial charge in [0.15, 0.2) is 0 Å². The van der Waals surface area contributed by atoms with Crippen LogP contribution in [0.3, 0.4) is 0 Å². The summed E-state index contributed by atoms with van der Waals surface area (Å²) in [6, 6.07) is 4.20. The molecule has 1 saturated carbocycles. The van der Waals surface area contributed by atoms with Crippen molar-refractivity contribution in [3.8, 4) is 0 Å². The van der Waals surface area contributed by atoms with Crippen LogP contribution < -0.4 is 5.32 Å². The molecule has 0 spiro atoms. The number of hydrogen-bond donors (Lipinski definition) is 1. The van der Waals surface area contributed by atoms with Gasteiger partial charge in [0.2, 0.25) is 0 Å². The number of nitrogens with one attached hydrogen (secondary N) is 1. The van der Waals surface area contributed by atoms with Gasteiger partial charge >= 0.3 is 0 Å². The van der Waals surface area contributed by atoms with Gasteiger partial charge in [0, 0.05) is 18.7 Å². The fourth-order valence-electron chi connectivity index (χ4n) is 3.17. The quantitative estimate of drug-likeness (QED) is 0.859. The van der Waals surface area contributed by atoms with Crippen molar-refractivity contribution in [2.75, 3.05) is 0 Å². The van der Waals surface area contributed by atoms with Gasteiger partial charge in [-0.3, -0.25) is 0 Å². The monoisotopic (exact) mass is 267 g/mol. The van der Waals surface area contributed by atoms with Gasteiger partial charge in [0.05, 0.1) is 0 Å². The van der Waals surface area contributed by atoms with Crippen molar-refractivity contribution in [2.45, 2.75) is 52.1 Å². The van der Waals surface area contributed by atoms with E-state index in [-0.39, 0.29) is 0 Å². The van der Waals surface area contributed by atoms with Crippen LogP contribution in [0.1, 0.15) is 45.1 Å². The first-order chi connectivity index (χ1) is 9.06. The first kappa shape index (κ1) is 14.4. The number of benzene rings is 1. The van der Waals surface area contributed by atoms with Gasteiger partial charge in [-0.05, 0) is 42.4 Å². The second kappa shape index (κ2) is 6.47. The molecule has 0 aliphatic heterocycles. The lowest BCUT2D eigenvalue weighted by atomic mass is 9.78. The van der Waals surface area contributed by atoms with Crippen molar-refractivity contribution in [2.24, 2.45) is 11.8 Å². The molecular formula is C16H23F2N. The Kier molecular flexibility index (Phi) is 4.92. The fourth-order valence-corrected chi connectivity index (χ4v) is 3.17. The van der Waals surface area contributed by atoms with Crippen LogP contribution in [-0.2, 0) is 6.54 Å². The Morgan fingerprint density at radius 3 is 2.37 bits per heavy atom. The van der Waals surface area contributed by atoms with Crippen molar-refractivity contribution in [1.29, 1.82) is 0 Å². The van der Waals surface area contributed by atoms with Gasteiger partial charge in [-0.15, -0.1) is 0 Å². The minimum absolute atomic E-state index is 0.472. The molecule has 1 aliphatic rings. The highest BCUT2D eigenvalue weighted by atomic mass is 19.1. The Balaban J connectivity index is 1.96. The van der Waals surface area contributed by atoms with Crippen LogP contribution in [0, 0.1) is 23.5 Å². The number of rotatable bonds is 4. The second-order valence-corrected chi connectivity index (χ2v) is 5.96. The molecule has 1 aromatic rings. The van der Waals surface area contributed by atoms with Gasteiger partial charge in [0.1, 0.15) is 11.6 Å². The van der Waals surface area contributed by atoms with E-state index in [1.165, 1.54) is 37.8 Å². The third kappa shape index (κ3) is 4.00. The van der Waals surface area contributed by atoms with Gasteiger partial charge in [0.25, 0.3) is 0 Å². The van der Waals surface area contributed by atoms with E-state index in [0.29, 0.717) is 30.0 Å². The van der Waals surface area contributed by atoms with E-state index in [2.05, 4.69) is 19.2 Å². The minimum Gasteiger partial charge on any atom is -0.310 e. The number of halogens is 2. The van der Waals surface area contributed by atoms with E-state index < -0.39 is 11.6 Å². The van der Waals surface area contributed by atoms with Gasteiger partial charge < -0.3 is 5.32 Å². The SMILES string of the molecule is CC(C)C1CCCCC1NCc1cc(F)cc(F)c1. The molecule has 1 aliphatic carbocycles. The largest absolute Gasteiger partial charge is 0.310 e. The van der Waals surface area contributed by atoms with Crippen LogP contribution in [-0.4, -0.2) is 6.04 Å². The van der Waals surface area contributed by atoms with E-state index in [9.17, 15) is 8.78 Å². The smallest absolute Gasteiger partial charge is 0.126 e. The molecule has 1 nitrogen and oxygen atoms in total. The molecule has 2 atom stereocenters. The first-order valence-electron chi connectivity index (χ1n) is 7.24. The Morgan fingerprint density at radius 1 is 1.11 bits per heavy atom. The molecule has 0 aromatic heterocycles. The second-order valence-electron chi connectivity index (χ2n) is 5.96. The maximum atomic E-state index is 13.1. The normalized spacial score (nSPS) is 23.8. The summed E-state index contributed by atoms with van der Waals surface area (Å²) in [7, 11) is 0. The molecule has 0 bridgehead atoms. The third-order valence-electron chi connectivity index (χ3n) is 4.17. The summed E-state index contributed by atoms with van der Waals surface area (Å²) < 4.78 is 26.3. The van der Waals surface area contributed by atoms with Crippen LogP contribution in [0.15, 0.2) is 18.2 Å². The van der Waals surface area contributed by atoms with Crippen molar-refractivity contribution in [1.82, 2.24) is 5.32 Å². The summed E-state index contributed by atoms with van der Waals surface area (Å²) in [6.45, 7) is 5.06. The summed E-state index contributed by atoms with van der Waals surface area (Å²) in [4.78, 5) is 0. The van der Waals surface area contributed by atoms with E-state index in [0.717, 1.165) is 6.07 Å². The van der Waals surface area contributed by atoms with Crippen molar-refractivity contribution >= 4 is 0 Å². The van der Waals surface area contributed by atoms with Crippen LogP contribution in [0.5, 0.6) is 0 Å². The lowest BCUT2D eigenvalue weighted by Crippen LogP contribution is -2.40. The molecule has 19 heavy (non-hydrogen) atoms.